The molecule has 20 heavy (non-hydrogen) atoms. The lowest BCUT2D eigenvalue weighted by Crippen LogP contribution is -2.62. The van der Waals surface area contributed by atoms with Crippen molar-refractivity contribution < 1.29 is 34.1 Å². The average Bonchev–Trinajstić information content (AvgIpc) is 2.62. The largest absolute Gasteiger partial charge is 0.383 e. The fourth-order valence-electron chi connectivity index (χ4n) is 2.24. The van der Waals surface area contributed by atoms with E-state index in [0.29, 0.717) is 0 Å². The molecule has 5 atom stereocenters. The Morgan fingerprint density at radius 3 is 2.20 bits per heavy atom. The Morgan fingerprint density at radius 1 is 1.30 bits per heavy atom. The van der Waals surface area contributed by atoms with Crippen LogP contribution in [-0.4, -0.2) is 64.9 Å². The number of aliphatic hydroxyl groups excluding tert-OH is 1. The molecule has 8 nitrogen and oxygen atoms in total. The van der Waals surface area contributed by atoms with Crippen molar-refractivity contribution in [3.63, 3.8) is 0 Å². The quantitative estimate of drug-likeness (QED) is 0.542. The predicted octanol–water partition coefficient (Wildman–Crippen LogP) is -1.87. The second-order valence-electron chi connectivity index (χ2n) is 4.78. The first-order chi connectivity index (χ1) is 9.16. The fourth-order valence-corrected chi connectivity index (χ4v) is 2.24. The standard InChI is InChI=1S/C12H19NO7/c1-5(14)8(17)9-10(13-7(3)16)12(18,6(2)15)11(19-4)20-9/h8-11,17-18H,1-4H3,(H,13,16)/t8?,9-,10-,11+,12-/m1/s1. The summed E-state index contributed by atoms with van der Waals surface area (Å²) < 4.78 is 10.1. The zero-order chi connectivity index (χ0) is 15.7. The molecule has 1 saturated heterocycles. The number of hydrogen-bond donors (Lipinski definition) is 3. The van der Waals surface area contributed by atoms with Crippen LogP contribution in [0.1, 0.15) is 20.8 Å². The van der Waals surface area contributed by atoms with Crippen molar-refractivity contribution in [2.75, 3.05) is 7.11 Å². The summed E-state index contributed by atoms with van der Waals surface area (Å²) >= 11 is 0. The van der Waals surface area contributed by atoms with E-state index in [1.807, 2.05) is 0 Å². The van der Waals surface area contributed by atoms with Crippen molar-refractivity contribution in [3.05, 3.63) is 0 Å². The number of ketones is 2. The summed E-state index contributed by atoms with van der Waals surface area (Å²) in [5.41, 5.74) is -2.18. The molecule has 0 aromatic rings. The maximum atomic E-state index is 11.7. The summed E-state index contributed by atoms with van der Waals surface area (Å²) in [4.78, 5) is 34.3. The highest BCUT2D eigenvalue weighted by molar-refractivity contribution is 5.89. The maximum absolute atomic E-state index is 11.7. The van der Waals surface area contributed by atoms with Crippen molar-refractivity contribution in [1.82, 2.24) is 5.32 Å². The number of Topliss-reactive ketones (excluding diaryl/α,β-unsaturated/α-hetero) is 2. The lowest BCUT2D eigenvalue weighted by atomic mass is 9.86. The number of amides is 1. The summed E-state index contributed by atoms with van der Waals surface area (Å²) in [5.74, 6) is -1.87. The third-order valence-corrected chi connectivity index (χ3v) is 3.31. The van der Waals surface area contributed by atoms with E-state index in [9.17, 15) is 24.6 Å². The molecule has 1 heterocycles. The van der Waals surface area contributed by atoms with Crippen LogP contribution in [0.25, 0.3) is 0 Å². The molecule has 0 aromatic carbocycles. The van der Waals surface area contributed by atoms with Crippen molar-refractivity contribution in [3.8, 4) is 0 Å². The van der Waals surface area contributed by atoms with Gasteiger partial charge in [0, 0.05) is 14.0 Å². The van der Waals surface area contributed by atoms with Gasteiger partial charge in [0.25, 0.3) is 0 Å². The Morgan fingerprint density at radius 2 is 1.85 bits per heavy atom. The molecule has 0 spiro atoms. The fraction of sp³-hybridized carbons (Fsp3) is 0.750. The van der Waals surface area contributed by atoms with Crippen LogP contribution in [0.4, 0.5) is 0 Å². The van der Waals surface area contributed by atoms with Crippen LogP contribution >= 0.6 is 0 Å². The molecule has 0 bridgehead atoms. The number of nitrogens with one attached hydrogen (secondary N) is 1. The summed E-state index contributed by atoms with van der Waals surface area (Å²) in [6.07, 6.45) is -4.27. The lowest BCUT2D eigenvalue weighted by Gasteiger charge is -2.31. The molecule has 1 aliphatic heterocycles. The van der Waals surface area contributed by atoms with E-state index < -0.39 is 47.6 Å². The number of hydrogen-bond acceptors (Lipinski definition) is 7. The van der Waals surface area contributed by atoms with Gasteiger partial charge in [0.2, 0.25) is 5.91 Å². The molecule has 1 rings (SSSR count). The molecule has 114 valence electrons. The first-order valence-corrected chi connectivity index (χ1v) is 6.03. The molecule has 1 unspecified atom stereocenters. The molecular weight excluding hydrogens is 270 g/mol. The van der Waals surface area contributed by atoms with E-state index in [2.05, 4.69) is 5.32 Å². The predicted molar refractivity (Wildman–Crippen MR) is 65.6 cm³/mol. The average molecular weight is 289 g/mol. The van der Waals surface area contributed by atoms with Crippen LogP contribution in [0.2, 0.25) is 0 Å². The van der Waals surface area contributed by atoms with Crippen LogP contribution in [0, 0.1) is 0 Å². The number of methoxy groups -OCH3 is 1. The molecular formula is C12H19NO7. The highest BCUT2D eigenvalue weighted by Crippen LogP contribution is 2.34. The number of carbonyl (C=O) groups is 3. The topological polar surface area (TPSA) is 122 Å². The first-order valence-electron chi connectivity index (χ1n) is 6.03. The van der Waals surface area contributed by atoms with Gasteiger partial charge in [0.1, 0.15) is 12.2 Å². The van der Waals surface area contributed by atoms with E-state index >= 15 is 0 Å². The van der Waals surface area contributed by atoms with Gasteiger partial charge in [-0.3, -0.25) is 14.4 Å². The second-order valence-corrected chi connectivity index (χ2v) is 4.78. The van der Waals surface area contributed by atoms with Gasteiger partial charge in [-0.25, -0.2) is 0 Å². The molecule has 0 aromatic heterocycles. The van der Waals surface area contributed by atoms with Gasteiger partial charge < -0.3 is 25.0 Å². The summed E-state index contributed by atoms with van der Waals surface area (Å²) in [7, 11) is 1.20. The van der Waals surface area contributed by atoms with Gasteiger partial charge in [0.15, 0.2) is 23.5 Å². The molecule has 1 aliphatic rings. The smallest absolute Gasteiger partial charge is 0.217 e. The van der Waals surface area contributed by atoms with Gasteiger partial charge in [-0.15, -0.1) is 0 Å². The van der Waals surface area contributed by atoms with Gasteiger partial charge in [-0.1, -0.05) is 0 Å². The summed E-state index contributed by atoms with van der Waals surface area (Å²) in [6.45, 7) is 3.41. The van der Waals surface area contributed by atoms with Gasteiger partial charge >= 0.3 is 0 Å². The molecule has 0 saturated carbocycles. The highest BCUT2D eigenvalue weighted by Gasteiger charge is 2.62. The number of rotatable bonds is 5. The van der Waals surface area contributed by atoms with Crippen LogP contribution in [0.15, 0.2) is 0 Å². The van der Waals surface area contributed by atoms with Crippen LogP contribution in [-0.2, 0) is 23.9 Å². The van der Waals surface area contributed by atoms with Gasteiger partial charge in [0.05, 0.1) is 6.04 Å². The van der Waals surface area contributed by atoms with E-state index in [1.54, 1.807) is 0 Å². The molecule has 0 aliphatic carbocycles. The number of aliphatic hydroxyl groups is 2. The SMILES string of the molecule is CO[C@H]1O[C@H](C(O)C(C)=O)[C@@H](NC(C)=O)[C@]1(O)C(C)=O. The van der Waals surface area contributed by atoms with Gasteiger partial charge in [-0.05, 0) is 13.8 Å². The Kier molecular flexibility index (Phi) is 4.98. The van der Waals surface area contributed by atoms with Gasteiger partial charge in [-0.2, -0.15) is 0 Å². The van der Waals surface area contributed by atoms with Crippen molar-refractivity contribution in [2.45, 2.75) is 50.9 Å². The molecule has 8 heteroatoms. The second kappa shape index (κ2) is 5.96. The Hall–Kier alpha value is -1.35. The minimum atomic E-state index is -2.18. The minimum Gasteiger partial charge on any atom is -0.383 e. The molecule has 0 radical (unpaired) electrons. The third-order valence-electron chi connectivity index (χ3n) is 3.31. The number of ether oxygens (including phenoxy) is 2. The molecule has 1 amide bonds. The summed E-state index contributed by atoms with van der Waals surface area (Å²) in [6, 6.07) is -1.29. The van der Waals surface area contributed by atoms with Crippen molar-refractivity contribution in [2.24, 2.45) is 0 Å². The lowest BCUT2D eigenvalue weighted by molar-refractivity contribution is -0.196. The first kappa shape index (κ1) is 16.7. The van der Waals surface area contributed by atoms with Crippen LogP contribution < -0.4 is 5.32 Å². The van der Waals surface area contributed by atoms with Crippen molar-refractivity contribution >= 4 is 17.5 Å². The third kappa shape index (κ3) is 2.73. The Labute approximate surface area is 116 Å². The maximum Gasteiger partial charge on any atom is 0.217 e. The normalized spacial score (nSPS) is 34.6. The van der Waals surface area contributed by atoms with E-state index in [-0.39, 0.29) is 0 Å². The van der Waals surface area contributed by atoms with Crippen LogP contribution in [0.5, 0.6) is 0 Å². The van der Waals surface area contributed by atoms with E-state index in [4.69, 9.17) is 9.47 Å². The van der Waals surface area contributed by atoms with Crippen molar-refractivity contribution in [1.29, 1.82) is 0 Å². The highest BCUT2D eigenvalue weighted by atomic mass is 16.7. The molecule has 1 fully saturated rings. The Bertz CT molecular complexity index is 424. The monoisotopic (exact) mass is 289 g/mol. The van der Waals surface area contributed by atoms with E-state index in [0.717, 1.165) is 13.8 Å². The zero-order valence-electron chi connectivity index (χ0n) is 11.7. The number of carbonyl (C=O) groups excluding carboxylic acids is 3. The van der Waals surface area contributed by atoms with E-state index in [1.165, 1.54) is 14.0 Å². The summed E-state index contributed by atoms with van der Waals surface area (Å²) in [5, 5.41) is 22.7. The zero-order valence-corrected chi connectivity index (χ0v) is 11.7. The minimum absolute atomic E-state index is 0.546. The Balaban J connectivity index is 3.23. The molecule has 3 N–H and O–H groups in total. The van der Waals surface area contributed by atoms with Crippen LogP contribution in [0.3, 0.4) is 0 Å².